The first-order valence-electron chi connectivity index (χ1n) is 14.0. The van der Waals surface area contributed by atoms with E-state index in [-0.39, 0.29) is 29.2 Å². The van der Waals surface area contributed by atoms with E-state index in [9.17, 15) is 18.7 Å². The predicted octanol–water partition coefficient (Wildman–Crippen LogP) is 6.04. The maximum absolute atomic E-state index is 13.1. The van der Waals surface area contributed by atoms with Gasteiger partial charge in [0.25, 0.3) is 6.43 Å². The third kappa shape index (κ3) is 8.04. The molecule has 0 aromatic carbocycles. The van der Waals surface area contributed by atoms with Crippen molar-refractivity contribution in [3.05, 3.63) is 65.6 Å². The summed E-state index contributed by atoms with van der Waals surface area (Å²) >= 11 is 0. The van der Waals surface area contributed by atoms with E-state index in [0.717, 1.165) is 24.1 Å². The summed E-state index contributed by atoms with van der Waals surface area (Å²) in [4.78, 5) is 27.9. The molecule has 2 N–H and O–H groups in total. The lowest BCUT2D eigenvalue weighted by molar-refractivity contribution is -0.151. The molecule has 0 amide bonds. The molecule has 4 rings (SSSR count). The summed E-state index contributed by atoms with van der Waals surface area (Å²) in [5.41, 5.74) is 1.63. The van der Waals surface area contributed by atoms with Gasteiger partial charge < -0.3 is 20.1 Å². The lowest BCUT2D eigenvalue weighted by Gasteiger charge is -2.37. The zero-order valence-corrected chi connectivity index (χ0v) is 24.1. The molecule has 8 nitrogen and oxygen atoms in total. The van der Waals surface area contributed by atoms with Crippen molar-refractivity contribution in [3.63, 3.8) is 0 Å². The second-order valence-electron chi connectivity index (χ2n) is 11.3. The number of aliphatic hydroxyl groups is 1. The molecule has 1 aliphatic carbocycles. The molecule has 220 valence electrons. The zero-order chi connectivity index (χ0) is 29.6. The van der Waals surface area contributed by atoms with Gasteiger partial charge in [-0.15, -0.1) is 0 Å². The van der Waals surface area contributed by atoms with E-state index in [0.29, 0.717) is 49.5 Å². The molecule has 10 heteroatoms. The van der Waals surface area contributed by atoms with Gasteiger partial charge in [-0.1, -0.05) is 0 Å². The Morgan fingerprint density at radius 2 is 1.88 bits per heavy atom. The van der Waals surface area contributed by atoms with Gasteiger partial charge in [0.1, 0.15) is 17.2 Å². The Bertz CT molecular complexity index is 1310. The number of pyridine rings is 3. The highest BCUT2D eigenvalue weighted by Crippen LogP contribution is 2.41. The number of aromatic nitrogens is 3. The van der Waals surface area contributed by atoms with E-state index in [1.54, 1.807) is 13.1 Å². The first-order valence-corrected chi connectivity index (χ1v) is 14.0. The van der Waals surface area contributed by atoms with E-state index in [1.807, 2.05) is 45.3 Å². The van der Waals surface area contributed by atoms with Crippen LogP contribution in [0.25, 0.3) is 11.3 Å². The van der Waals surface area contributed by atoms with Crippen molar-refractivity contribution in [2.75, 3.05) is 32.6 Å². The lowest BCUT2D eigenvalue weighted by atomic mass is 9.73. The molecule has 0 radical (unpaired) electrons. The number of carbonyl (C=O) groups is 1. The van der Waals surface area contributed by atoms with Crippen molar-refractivity contribution in [1.82, 2.24) is 19.9 Å². The first kappa shape index (κ1) is 30.5. The fourth-order valence-corrected chi connectivity index (χ4v) is 5.28. The Balaban J connectivity index is 1.38. The van der Waals surface area contributed by atoms with Crippen LogP contribution < -0.4 is 5.32 Å². The van der Waals surface area contributed by atoms with Crippen LogP contribution in [0.4, 0.5) is 20.4 Å². The molecule has 3 heterocycles. The Morgan fingerprint density at radius 1 is 1.12 bits per heavy atom. The number of carbonyl (C=O) groups excluding carboxylic acids is 1. The Morgan fingerprint density at radius 3 is 2.54 bits per heavy atom. The summed E-state index contributed by atoms with van der Waals surface area (Å²) in [6.45, 7) is 5.01. The number of alkyl halides is 2. The molecule has 1 atom stereocenters. The van der Waals surface area contributed by atoms with Gasteiger partial charge in [-0.2, -0.15) is 0 Å². The predicted molar refractivity (Wildman–Crippen MR) is 154 cm³/mol. The summed E-state index contributed by atoms with van der Waals surface area (Å²) in [7, 11) is 3.98. The second-order valence-corrected chi connectivity index (χ2v) is 11.3. The van der Waals surface area contributed by atoms with E-state index < -0.39 is 12.0 Å². The van der Waals surface area contributed by atoms with Crippen LogP contribution in [0.1, 0.15) is 62.3 Å². The number of nitrogens with zero attached hydrogens (tertiary/aromatic N) is 4. The largest absolute Gasteiger partial charge is 0.465 e. The second kappa shape index (κ2) is 13.4. The van der Waals surface area contributed by atoms with Gasteiger partial charge >= 0.3 is 5.97 Å². The molecular weight excluding hydrogens is 528 g/mol. The van der Waals surface area contributed by atoms with Crippen LogP contribution in [0.5, 0.6) is 0 Å². The van der Waals surface area contributed by atoms with Crippen molar-refractivity contribution in [3.8, 4) is 11.3 Å². The summed E-state index contributed by atoms with van der Waals surface area (Å²) in [5, 5.41) is 14.5. The minimum atomic E-state index is -2.59. The minimum Gasteiger partial charge on any atom is -0.465 e. The molecule has 1 saturated carbocycles. The Hall–Kier alpha value is -3.50. The van der Waals surface area contributed by atoms with Gasteiger partial charge in [-0.05, 0) is 108 Å². The number of anilines is 2. The number of ether oxygens (including phenoxy) is 1. The number of rotatable bonds is 11. The molecule has 0 saturated heterocycles. The first-order chi connectivity index (χ1) is 19.5. The number of aryl methyl sites for hydroxylation is 1. The summed E-state index contributed by atoms with van der Waals surface area (Å²) in [5.74, 6) is 0.469. The molecule has 0 bridgehead atoms. The van der Waals surface area contributed by atoms with Crippen LogP contribution >= 0.6 is 0 Å². The van der Waals surface area contributed by atoms with Crippen molar-refractivity contribution >= 4 is 17.6 Å². The Kier molecular flexibility index (Phi) is 9.99. The van der Waals surface area contributed by atoms with Crippen LogP contribution in [-0.4, -0.2) is 58.2 Å². The average molecular weight is 568 g/mol. The standard InChI is InChI=1S/C31H39F2N5O3/c1-20-16-25(36-28(17-20)37-27-18-22(29(32)33)12-13-34-27)23-8-11-26(35-19-23)31(2,40)24-9-6-21(7-10-24)30(39)41-15-5-14-38(3)4/h8,11-13,16-19,21,24,29,40H,5-7,9-10,14-15H2,1-4H3,(H,34,36,37)/t21?,24?,31-/m1/s1. The van der Waals surface area contributed by atoms with Crippen molar-refractivity contribution in [2.24, 2.45) is 11.8 Å². The minimum absolute atomic E-state index is 0.0250. The van der Waals surface area contributed by atoms with Crippen molar-refractivity contribution in [1.29, 1.82) is 0 Å². The van der Waals surface area contributed by atoms with Gasteiger partial charge in [0.15, 0.2) is 0 Å². The fraction of sp³-hybridized carbons (Fsp3) is 0.484. The van der Waals surface area contributed by atoms with Crippen LogP contribution in [0.3, 0.4) is 0 Å². The zero-order valence-electron chi connectivity index (χ0n) is 24.1. The number of halogens is 2. The molecule has 1 aliphatic rings. The van der Waals surface area contributed by atoms with Crippen LogP contribution in [-0.2, 0) is 15.1 Å². The van der Waals surface area contributed by atoms with Crippen LogP contribution in [0, 0.1) is 18.8 Å². The van der Waals surface area contributed by atoms with Crippen molar-refractivity contribution < 1.29 is 23.4 Å². The molecule has 41 heavy (non-hydrogen) atoms. The Labute approximate surface area is 240 Å². The fourth-order valence-electron chi connectivity index (χ4n) is 5.28. The third-order valence-electron chi connectivity index (χ3n) is 7.69. The monoisotopic (exact) mass is 567 g/mol. The summed E-state index contributed by atoms with van der Waals surface area (Å²) in [6.07, 6.45) is 4.03. The molecule has 0 spiro atoms. The molecule has 3 aromatic heterocycles. The topological polar surface area (TPSA) is 100 Å². The van der Waals surface area contributed by atoms with E-state index in [4.69, 9.17) is 4.74 Å². The highest BCUT2D eigenvalue weighted by Gasteiger charge is 2.39. The smallest absolute Gasteiger partial charge is 0.308 e. The summed E-state index contributed by atoms with van der Waals surface area (Å²) in [6, 6.07) is 9.98. The molecule has 1 fully saturated rings. The SMILES string of the molecule is Cc1cc(Nc2cc(C(F)F)ccn2)nc(-c2ccc([C@](C)(O)C3CCC(C(=O)OCCCN(C)C)CC3)nc2)c1. The van der Waals surface area contributed by atoms with Gasteiger partial charge in [-0.25, -0.2) is 18.7 Å². The quantitative estimate of drug-likeness (QED) is 0.214. The highest BCUT2D eigenvalue weighted by atomic mass is 19.3. The van der Waals surface area contributed by atoms with Gasteiger partial charge in [0.05, 0.1) is 23.9 Å². The van der Waals surface area contributed by atoms with Gasteiger partial charge in [0.2, 0.25) is 0 Å². The highest BCUT2D eigenvalue weighted by molar-refractivity contribution is 5.72. The normalized spacial score (nSPS) is 18.8. The van der Waals surface area contributed by atoms with Gasteiger partial charge in [-0.3, -0.25) is 9.78 Å². The molecule has 3 aromatic rings. The van der Waals surface area contributed by atoms with E-state index in [1.165, 1.54) is 18.3 Å². The number of hydrogen-bond donors (Lipinski definition) is 2. The maximum Gasteiger partial charge on any atom is 0.308 e. The van der Waals surface area contributed by atoms with E-state index >= 15 is 0 Å². The molecular formula is C31H39F2N5O3. The molecule has 0 aliphatic heterocycles. The van der Waals surface area contributed by atoms with Crippen LogP contribution in [0.2, 0.25) is 0 Å². The number of esters is 1. The lowest BCUT2D eigenvalue weighted by Crippen LogP contribution is -2.37. The van der Waals surface area contributed by atoms with Gasteiger partial charge in [0, 0.05) is 30.1 Å². The average Bonchev–Trinajstić information content (AvgIpc) is 2.95. The number of nitrogens with one attached hydrogen (secondary N) is 1. The van der Waals surface area contributed by atoms with Crippen molar-refractivity contribution in [2.45, 2.75) is 58.0 Å². The third-order valence-corrected chi connectivity index (χ3v) is 7.69. The summed E-state index contributed by atoms with van der Waals surface area (Å²) < 4.78 is 31.6. The number of hydrogen-bond acceptors (Lipinski definition) is 8. The maximum atomic E-state index is 13.1. The molecule has 0 unspecified atom stereocenters. The van der Waals surface area contributed by atoms with Crippen LogP contribution in [0.15, 0.2) is 48.8 Å². The van der Waals surface area contributed by atoms with E-state index in [2.05, 4.69) is 25.2 Å².